The van der Waals surface area contributed by atoms with Crippen LogP contribution < -0.4 is 15.0 Å². The van der Waals surface area contributed by atoms with E-state index in [4.69, 9.17) is 27.9 Å². The van der Waals surface area contributed by atoms with Gasteiger partial charge in [-0.2, -0.15) is 0 Å². The molecular weight excluding hydrogens is 467 g/mol. The number of phenolic OH excluding ortho intramolecular Hbond substituents is 1. The maximum Gasteiger partial charge on any atom is 0.151 e. The summed E-state index contributed by atoms with van der Waals surface area (Å²) >= 11 is 13.1. The molecule has 1 fully saturated rings. The number of nitrogens with zero attached hydrogens (tertiary/aromatic N) is 3. The summed E-state index contributed by atoms with van der Waals surface area (Å²) in [6.07, 6.45) is 1.55. The van der Waals surface area contributed by atoms with Crippen molar-refractivity contribution < 1.29 is 9.84 Å². The Kier molecular flexibility index (Phi) is 5.26. The van der Waals surface area contributed by atoms with Crippen LogP contribution in [-0.2, 0) is 0 Å². The van der Waals surface area contributed by atoms with E-state index in [0.29, 0.717) is 39.0 Å². The van der Waals surface area contributed by atoms with Crippen molar-refractivity contribution in [3.05, 3.63) is 40.6 Å². The molecule has 0 amide bonds. The molecule has 2 aromatic carbocycles. The molecule has 2 N–H and O–H groups in total. The molecule has 0 saturated carbocycles. The summed E-state index contributed by atoms with van der Waals surface area (Å²) in [5.41, 5.74) is 1.76. The van der Waals surface area contributed by atoms with E-state index in [1.165, 1.54) is 0 Å². The lowest BCUT2D eigenvalue weighted by atomic mass is 10.0. The van der Waals surface area contributed by atoms with Crippen LogP contribution in [0.15, 0.2) is 30.6 Å². The maximum atomic E-state index is 10.4. The molecule has 3 aromatic rings. The van der Waals surface area contributed by atoms with Gasteiger partial charge < -0.3 is 20.1 Å². The number of benzene rings is 2. The van der Waals surface area contributed by atoms with Gasteiger partial charge in [0.15, 0.2) is 5.75 Å². The molecule has 1 atom stereocenters. The lowest BCUT2D eigenvalue weighted by Crippen LogP contribution is -2.53. The molecule has 0 radical (unpaired) electrons. The van der Waals surface area contributed by atoms with Gasteiger partial charge in [-0.1, -0.05) is 29.3 Å². The smallest absolute Gasteiger partial charge is 0.151 e. The summed E-state index contributed by atoms with van der Waals surface area (Å²) in [5.74, 6) is 1.42. The summed E-state index contributed by atoms with van der Waals surface area (Å²) < 4.78 is 6.14. The van der Waals surface area contributed by atoms with Crippen molar-refractivity contribution in [2.24, 2.45) is 0 Å². The number of phenols is 1. The average molecular weight is 484 g/mol. The predicted molar refractivity (Wildman–Crippen MR) is 116 cm³/mol. The highest BCUT2D eigenvalue weighted by atomic mass is 79.9. The standard InChI is InChI=1S/C19H16Cl2N4O2.BrH/c20-12-2-1-3-14(26)15(12)11-6-13-16-18(17(11)21)27-8-10-7-22-4-5-25(10)19(16)24-9-23-13;/h1-3,6,9-10,22,26H,4-5,7-8H2;1H/t10-;/m0./s1. The SMILES string of the molecule is Br.Oc1cccc(Cl)c1-c1cc2ncnc3c2c(c1Cl)OC[C@@H]1CNCCN31. The highest BCUT2D eigenvalue weighted by Gasteiger charge is 2.32. The van der Waals surface area contributed by atoms with Gasteiger partial charge in [0, 0.05) is 30.8 Å². The highest BCUT2D eigenvalue weighted by molar-refractivity contribution is 8.93. The zero-order valence-electron chi connectivity index (χ0n) is 14.7. The van der Waals surface area contributed by atoms with Gasteiger partial charge in [-0.3, -0.25) is 0 Å². The number of anilines is 1. The molecule has 0 aliphatic carbocycles. The molecule has 0 bridgehead atoms. The largest absolute Gasteiger partial charge is 0.507 e. The van der Waals surface area contributed by atoms with Crippen molar-refractivity contribution >= 4 is 56.9 Å². The van der Waals surface area contributed by atoms with Crippen molar-refractivity contribution in [2.75, 3.05) is 31.1 Å². The van der Waals surface area contributed by atoms with Crippen LogP contribution in [0.25, 0.3) is 22.0 Å². The second-order valence-electron chi connectivity index (χ2n) is 6.65. The van der Waals surface area contributed by atoms with E-state index in [9.17, 15) is 5.11 Å². The van der Waals surface area contributed by atoms with Crippen LogP contribution in [0, 0.1) is 0 Å². The molecule has 2 aliphatic rings. The Morgan fingerprint density at radius 2 is 2.11 bits per heavy atom. The first-order valence-corrected chi connectivity index (χ1v) is 9.46. The Labute approximate surface area is 182 Å². The number of hydrogen-bond donors (Lipinski definition) is 2. The van der Waals surface area contributed by atoms with Crippen LogP contribution >= 0.6 is 40.2 Å². The van der Waals surface area contributed by atoms with Crippen molar-refractivity contribution in [3.8, 4) is 22.6 Å². The molecule has 9 heteroatoms. The second-order valence-corrected chi connectivity index (χ2v) is 7.44. The van der Waals surface area contributed by atoms with E-state index in [1.54, 1.807) is 24.5 Å². The Hall–Kier alpha value is -1.80. The van der Waals surface area contributed by atoms with Crippen LogP contribution in [0.4, 0.5) is 5.82 Å². The monoisotopic (exact) mass is 482 g/mol. The quantitative estimate of drug-likeness (QED) is 0.544. The van der Waals surface area contributed by atoms with Crippen LogP contribution in [0.1, 0.15) is 0 Å². The van der Waals surface area contributed by atoms with Crippen molar-refractivity contribution in [1.29, 1.82) is 0 Å². The molecule has 146 valence electrons. The van der Waals surface area contributed by atoms with Crippen LogP contribution in [0.5, 0.6) is 11.5 Å². The van der Waals surface area contributed by atoms with Crippen LogP contribution in [-0.4, -0.2) is 47.4 Å². The second kappa shape index (κ2) is 7.55. The third-order valence-electron chi connectivity index (χ3n) is 5.10. The summed E-state index contributed by atoms with van der Waals surface area (Å²) in [4.78, 5) is 11.2. The van der Waals surface area contributed by atoms with E-state index in [0.717, 1.165) is 30.8 Å². The zero-order valence-corrected chi connectivity index (χ0v) is 17.9. The van der Waals surface area contributed by atoms with Crippen molar-refractivity contribution in [3.63, 3.8) is 0 Å². The third kappa shape index (κ3) is 2.97. The number of aromatic nitrogens is 2. The molecule has 2 aliphatic heterocycles. The molecule has 0 spiro atoms. The first-order valence-electron chi connectivity index (χ1n) is 8.70. The van der Waals surface area contributed by atoms with Gasteiger partial charge in [-0.05, 0) is 18.2 Å². The van der Waals surface area contributed by atoms with Gasteiger partial charge in [0.05, 0.1) is 27.0 Å². The molecular formula is C19H17BrCl2N4O2. The number of nitrogens with one attached hydrogen (secondary N) is 1. The van der Waals surface area contributed by atoms with E-state index >= 15 is 0 Å². The Morgan fingerprint density at radius 3 is 2.93 bits per heavy atom. The van der Waals surface area contributed by atoms with Gasteiger partial charge >= 0.3 is 0 Å². The summed E-state index contributed by atoms with van der Waals surface area (Å²) in [6.45, 7) is 3.02. The summed E-state index contributed by atoms with van der Waals surface area (Å²) in [6, 6.07) is 6.98. The molecule has 6 nitrogen and oxygen atoms in total. The molecule has 1 saturated heterocycles. The molecule has 28 heavy (non-hydrogen) atoms. The van der Waals surface area contributed by atoms with E-state index in [-0.39, 0.29) is 28.8 Å². The minimum atomic E-state index is 0. The fourth-order valence-corrected chi connectivity index (χ4v) is 4.40. The maximum absolute atomic E-state index is 10.4. The van der Waals surface area contributed by atoms with Gasteiger partial charge in [0.2, 0.25) is 0 Å². The van der Waals surface area contributed by atoms with E-state index in [2.05, 4.69) is 20.2 Å². The highest BCUT2D eigenvalue weighted by Crippen LogP contribution is 2.48. The number of aromatic hydroxyl groups is 1. The van der Waals surface area contributed by atoms with Gasteiger partial charge in [0.1, 0.15) is 24.5 Å². The Morgan fingerprint density at radius 1 is 1.25 bits per heavy atom. The predicted octanol–water partition coefficient (Wildman–Crippen LogP) is 4.06. The van der Waals surface area contributed by atoms with Crippen LogP contribution in [0.2, 0.25) is 10.0 Å². The topological polar surface area (TPSA) is 70.5 Å². The first-order chi connectivity index (χ1) is 13.1. The van der Waals surface area contributed by atoms with Gasteiger partial charge in [-0.15, -0.1) is 17.0 Å². The fraction of sp³-hybridized carbons (Fsp3) is 0.263. The number of ether oxygens (including phenoxy) is 1. The number of rotatable bonds is 1. The summed E-state index contributed by atoms with van der Waals surface area (Å²) in [5, 5.41) is 15.4. The summed E-state index contributed by atoms with van der Waals surface area (Å²) in [7, 11) is 0. The Balaban J connectivity index is 0.00000192. The minimum Gasteiger partial charge on any atom is -0.507 e. The molecule has 3 heterocycles. The number of halogens is 3. The third-order valence-corrected chi connectivity index (χ3v) is 5.79. The van der Waals surface area contributed by atoms with Crippen LogP contribution in [0.3, 0.4) is 0 Å². The average Bonchev–Trinajstić information content (AvgIpc) is 2.84. The zero-order chi connectivity index (χ0) is 18.5. The van der Waals surface area contributed by atoms with Gasteiger partial charge in [0.25, 0.3) is 0 Å². The minimum absolute atomic E-state index is 0. The first kappa shape index (κ1) is 19.5. The van der Waals surface area contributed by atoms with Crippen molar-refractivity contribution in [2.45, 2.75) is 6.04 Å². The number of hydrogen-bond acceptors (Lipinski definition) is 6. The number of fused-ring (bicyclic) bond motifs is 2. The number of piperazine rings is 1. The molecule has 5 rings (SSSR count). The van der Waals surface area contributed by atoms with Gasteiger partial charge in [-0.25, -0.2) is 9.97 Å². The lowest BCUT2D eigenvalue weighted by molar-refractivity contribution is 0.274. The van der Waals surface area contributed by atoms with Crippen molar-refractivity contribution in [1.82, 2.24) is 15.3 Å². The van der Waals surface area contributed by atoms with E-state index < -0.39 is 0 Å². The normalized spacial score (nSPS) is 18.1. The molecule has 1 aromatic heterocycles. The van der Waals surface area contributed by atoms with E-state index in [1.807, 2.05) is 6.07 Å². The fourth-order valence-electron chi connectivity index (χ4n) is 3.83. The Bertz CT molecular complexity index is 1050. The lowest BCUT2D eigenvalue weighted by Gasteiger charge is -2.35. The molecule has 0 unspecified atom stereocenters.